The van der Waals surface area contributed by atoms with Crippen LogP contribution in [0.1, 0.15) is 342 Å². The van der Waals surface area contributed by atoms with Gasteiger partial charge in [0.2, 0.25) is 0 Å². The molecule has 0 aliphatic carbocycles. The normalized spacial score (nSPS) is 12.6. The Kier molecular flexibility index (Phi) is 64.2. The molecule has 0 aromatic rings. The first-order chi connectivity index (χ1) is 39.0. The average molecular weight is 1100 g/mol. The Labute approximate surface area is 490 Å². The van der Waals surface area contributed by atoms with E-state index in [1.54, 1.807) is 0 Å². The number of allylic oxidation sites excluding steroid dienone is 14. The Hall–Kier alpha value is -3.41. The molecule has 1 unspecified atom stereocenters. The van der Waals surface area contributed by atoms with Crippen molar-refractivity contribution in [2.75, 3.05) is 13.2 Å². The molecule has 0 aromatic heterocycles. The number of esters is 3. The Balaban J connectivity index is 4.26. The van der Waals surface area contributed by atoms with E-state index in [2.05, 4.69) is 106 Å². The molecular weight excluding hydrogens is 973 g/mol. The molecule has 0 radical (unpaired) electrons. The molecule has 79 heavy (non-hydrogen) atoms. The molecule has 1 atom stereocenters. The first kappa shape index (κ1) is 75.6. The van der Waals surface area contributed by atoms with Crippen molar-refractivity contribution in [1.29, 1.82) is 0 Å². The first-order valence-electron chi connectivity index (χ1n) is 34.1. The van der Waals surface area contributed by atoms with Gasteiger partial charge in [0.25, 0.3) is 0 Å². The molecule has 0 aliphatic heterocycles. The Bertz CT molecular complexity index is 1500. The van der Waals surface area contributed by atoms with E-state index < -0.39 is 6.10 Å². The molecule has 0 N–H and O–H groups in total. The fourth-order valence-electron chi connectivity index (χ4n) is 9.80. The van der Waals surface area contributed by atoms with Gasteiger partial charge in [0.1, 0.15) is 13.2 Å². The standard InChI is InChI=1S/C73H128O6/c1-4-7-10-13-16-19-22-24-26-28-30-32-34-35-36-37-39-40-42-44-46-48-51-54-57-60-63-66-72(75)78-69-70(68-77-71(74)65-62-59-56-53-50-21-18-15-12-9-6-3)79-73(76)67-64-61-58-55-52-49-47-45-43-41-38-33-31-29-27-25-23-20-17-14-11-8-5-2/h7,10,16,19,24,26,29-32,35-36,39-40,70H,4-6,8-9,11-15,17-18,20-23,25,27-28,33-34,37-38,41-69H2,1-3H3/b10-7-,19-16-,26-24-,31-29-,32-30-,36-35-,40-39-. The van der Waals surface area contributed by atoms with Crippen molar-refractivity contribution in [1.82, 2.24) is 0 Å². The summed E-state index contributed by atoms with van der Waals surface area (Å²) >= 11 is 0. The maximum Gasteiger partial charge on any atom is 0.306 e. The van der Waals surface area contributed by atoms with Gasteiger partial charge in [-0.3, -0.25) is 14.4 Å². The third-order valence-corrected chi connectivity index (χ3v) is 14.9. The van der Waals surface area contributed by atoms with Crippen LogP contribution in [0.25, 0.3) is 0 Å². The summed E-state index contributed by atoms with van der Waals surface area (Å²) in [5, 5.41) is 0. The summed E-state index contributed by atoms with van der Waals surface area (Å²) in [6.45, 7) is 6.55. The van der Waals surface area contributed by atoms with Gasteiger partial charge in [-0.1, -0.05) is 311 Å². The predicted octanol–water partition coefficient (Wildman–Crippen LogP) is 23.4. The lowest BCUT2D eigenvalue weighted by atomic mass is 10.0. The van der Waals surface area contributed by atoms with Crippen LogP contribution in [0.5, 0.6) is 0 Å². The highest BCUT2D eigenvalue weighted by Gasteiger charge is 2.19. The van der Waals surface area contributed by atoms with Crippen LogP contribution in [-0.2, 0) is 28.6 Å². The molecule has 0 heterocycles. The van der Waals surface area contributed by atoms with Crippen molar-refractivity contribution in [3.8, 4) is 0 Å². The Morgan fingerprint density at radius 2 is 0.494 bits per heavy atom. The van der Waals surface area contributed by atoms with E-state index in [1.165, 1.54) is 199 Å². The summed E-state index contributed by atoms with van der Waals surface area (Å²) in [5.41, 5.74) is 0. The summed E-state index contributed by atoms with van der Waals surface area (Å²) in [5.74, 6) is -0.870. The number of carbonyl (C=O) groups is 3. The van der Waals surface area contributed by atoms with Crippen LogP contribution in [0.4, 0.5) is 0 Å². The summed E-state index contributed by atoms with van der Waals surface area (Å²) in [6.07, 6.45) is 88.9. The molecule has 0 fully saturated rings. The molecular formula is C73H128O6. The van der Waals surface area contributed by atoms with Crippen molar-refractivity contribution < 1.29 is 28.6 Å². The van der Waals surface area contributed by atoms with Gasteiger partial charge in [-0.25, -0.2) is 0 Å². The molecule has 0 amide bonds. The lowest BCUT2D eigenvalue weighted by molar-refractivity contribution is -0.167. The van der Waals surface area contributed by atoms with Gasteiger partial charge in [-0.05, 0) is 96.3 Å². The molecule has 0 aromatic carbocycles. The van der Waals surface area contributed by atoms with Crippen LogP contribution in [0, 0.1) is 0 Å². The molecule has 0 saturated heterocycles. The molecule has 6 nitrogen and oxygen atoms in total. The number of hydrogen-bond acceptors (Lipinski definition) is 6. The van der Waals surface area contributed by atoms with E-state index in [1.807, 2.05) is 0 Å². The zero-order valence-corrected chi connectivity index (χ0v) is 52.4. The van der Waals surface area contributed by atoms with Crippen LogP contribution in [0.3, 0.4) is 0 Å². The third-order valence-electron chi connectivity index (χ3n) is 14.9. The van der Waals surface area contributed by atoms with E-state index >= 15 is 0 Å². The maximum absolute atomic E-state index is 12.9. The zero-order valence-electron chi connectivity index (χ0n) is 52.4. The van der Waals surface area contributed by atoms with E-state index in [9.17, 15) is 14.4 Å². The van der Waals surface area contributed by atoms with E-state index in [0.717, 1.165) is 103 Å². The van der Waals surface area contributed by atoms with Crippen LogP contribution in [0.15, 0.2) is 85.1 Å². The van der Waals surface area contributed by atoms with Crippen LogP contribution in [0.2, 0.25) is 0 Å². The van der Waals surface area contributed by atoms with Gasteiger partial charge in [0.05, 0.1) is 0 Å². The topological polar surface area (TPSA) is 78.9 Å². The minimum atomic E-state index is -0.780. The van der Waals surface area contributed by atoms with Gasteiger partial charge in [-0.2, -0.15) is 0 Å². The van der Waals surface area contributed by atoms with Gasteiger partial charge >= 0.3 is 17.9 Å². The second-order valence-electron chi connectivity index (χ2n) is 22.7. The fraction of sp³-hybridized carbons (Fsp3) is 0.767. The Morgan fingerprint density at radius 1 is 0.266 bits per heavy atom. The van der Waals surface area contributed by atoms with Crippen molar-refractivity contribution in [2.45, 2.75) is 348 Å². The van der Waals surface area contributed by atoms with E-state index in [-0.39, 0.29) is 31.1 Å². The van der Waals surface area contributed by atoms with Crippen molar-refractivity contribution in [3.05, 3.63) is 85.1 Å². The van der Waals surface area contributed by atoms with Gasteiger partial charge in [0.15, 0.2) is 6.10 Å². The molecule has 0 bridgehead atoms. The quantitative estimate of drug-likeness (QED) is 0.0261. The third kappa shape index (κ3) is 65.3. The minimum Gasteiger partial charge on any atom is -0.462 e. The van der Waals surface area contributed by atoms with Crippen LogP contribution >= 0.6 is 0 Å². The minimum absolute atomic E-state index is 0.0757. The van der Waals surface area contributed by atoms with E-state index in [4.69, 9.17) is 14.2 Å². The number of carbonyl (C=O) groups excluding carboxylic acids is 3. The monoisotopic (exact) mass is 1100 g/mol. The van der Waals surface area contributed by atoms with Gasteiger partial charge < -0.3 is 14.2 Å². The molecule has 6 heteroatoms. The second kappa shape index (κ2) is 67.1. The highest BCUT2D eigenvalue weighted by atomic mass is 16.6. The van der Waals surface area contributed by atoms with Crippen LogP contribution in [-0.4, -0.2) is 37.2 Å². The molecule has 456 valence electrons. The summed E-state index contributed by atoms with van der Waals surface area (Å²) in [6, 6.07) is 0. The SMILES string of the molecule is CC/C=C\C/C=C\C/C=C\C/C=C\C/C=C\C/C=C\CCCCCCCCCCC(=O)OCC(COC(=O)CCCCCCCCCCCCC)OC(=O)CCCCCCCCCCCCC/C=C\CCCCCCCCCC. The second-order valence-corrected chi connectivity index (χ2v) is 22.7. The summed E-state index contributed by atoms with van der Waals surface area (Å²) in [4.78, 5) is 38.3. The van der Waals surface area contributed by atoms with Crippen molar-refractivity contribution in [3.63, 3.8) is 0 Å². The highest BCUT2D eigenvalue weighted by Crippen LogP contribution is 2.17. The van der Waals surface area contributed by atoms with Crippen molar-refractivity contribution in [2.24, 2.45) is 0 Å². The summed E-state index contributed by atoms with van der Waals surface area (Å²) in [7, 11) is 0. The zero-order chi connectivity index (χ0) is 57.1. The molecule has 0 spiro atoms. The molecule has 0 saturated carbocycles. The van der Waals surface area contributed by atoms with E-state index in [0.29, 0.717) is 19.3 Å². The fourth-order valence-corrected chi connectivity index (χ4v) is 9.80. The summed E-state index contributed by atoms with van der Waals surface area (Å²) < 4.78 is 16.9. The predicted molar refractivity (Wildman–Crippen MR) is 344 cm³/mol. The lowest BCUT2D eigenvalue weighted by Crippen LogP contribution is -2.30. The van der Waals surface area contributed by atoms with Crippen molar-refractivity contribution >= 4 is 17.9 Å². The number of unbranched alkanes of at least 4 members (excludes halogenated alkanes) is 37. The largest absolute Gasteiger partial charge is 0.462 e. The average Bonchev–Trinajstić information content (AvgIpc) is 3.45. The van der Waals surface area contributed by atoms with Gasteiger partial charge in [0, 0.05) is 19.3 Å². The molecule has 0 rings (SSSR count). The number of hydrogen-bond donors (Lipinski definition) is 0. The Morgan fingerprint density at radius 3 is 0.785 bits per heavy atom. The van der Waals surface area contributed by atoms with Crippen LogP contribution < -0.4 is 0 Å². The molecule has 0 aliphatic rings. The number of rotatable bonds is 62. The maximum atomic E-state index is 12.9. The lowest BCUT2D eigenvalue weighted by Gasteiger charge is -2.18. The van der Waals surface area contributed by atoms with Gasteiger partial charge in [-0.15, -0.1) is 0 Å². The highest BCUT2D eigenvalue weighted by molar-refractivity contribution is 5.71. The first-order valence-corrected chi connectivity index (χ1v) is 34.1. The number of ether oxygens (including phenoxy) is 3. The smallest absolute Gasteiger partial charge is 0.306 e.